The predicted octanol–water partition coefficient (Wildman–Crippen LogP) is 0.920. The van der Waals surface area contributed by atoms with Crippen LogP contribution >= 0.6 is 0 Å². The fraction of sp³-hybridized carbons (Fsp3) is 0.722. The molecule has 8 nitrogen and oxygen atoms in total. The predicted molar refractivity (Wildman–Crippen MR) is 102 cm³/mol. The first-order valence-corrected chi connectivity index (χ1v) is 9.33. The quantitative estimate of drug-likeness (QED) is 0.444. The molecule has 0 atom stereocenters. The molecule has 0 radical (unpaired) electrons. The van der Waals surface area contributed by atoms with Gasteiger partial charge in [-0.05, 0) is 6.92 Å². The van der Waals surface area contributed by atoms with E-state index in [2.05, 4.69) is 37.5 Å². The highest BCUT2D eigenvalue weighted by atomic mass is 16.5. The van der Waals surface area contributed by atoms with Crippen molar-refractivity contribution in [3.05, 3.63) is 18.0 Å². The summed E-state index contributed by atoms with van der Waals surface area (Å²) >= 11 is 0. The monoisotopic (exact) mass is 364 g/mol. The van der Waals surface area contributed by atoms with Gasteiger partial charge in [0.15, 0.2) is 5.96 Å². The highest BCUT2D eigenvalue weighted by molar-refractivity contribution is 5.81. The lowest BCUT2D eigenvalue weighted by molar-refractivity contribution is -0.128. The van der Waals surface area contributed by atoms with Gasteiger partial charge in [0.2, 0.25) is 5.91 Å². The summed E-state index contributed by atoms with van der Waals surface area (Å²) in [6.45, 7) is 14.3. The van der Waals surface area contributed by atoms with Crippen LogP contribution in [-0.2, 0) is 11.3 Å². The van der Waals surface area contributed by atoms with Crippen LogP contribution in [0.4, 0.5) is 0 Å². The van der Waals surface area contributed by atoms with E-state index < -0.39 is 0 Å². The number of aromatic nitrogens is 1. The molecule has 0 aliphatic carbocycles. The minimum Gasteiger partial charge on any atom is -0.364 e. The van der Waals surface area contributed by atoms with E-state index in [0.717, 1.165) is 50.9 Å². The molecular weight excluding hydrogens is 332 g/mol. The van der Waals surface area contributed by atoms with Crippen LogP contribution in [0.25, 0.3) is 0 Å². The molecule has 2 N–H and O–H groups in total. The molecule has 0 bridgehead atoms. The highest BCUT2D eigenvalue weighted by Crippen LogP contribution is 2.12. The third kappa shape index (κ3) is 6.33. The third-order valence-electron chi connectivity index (χ3n) is 4.22. The Kier molecular flexibility index (Phi) is 7.44. The molecule has 26 heavy (non-hydrogen) atoms. The Bertz CT molecular complexity index is 571. The maximum Gasteiger partial charge on any atom is 0.225 e. The maximum absolute atomic E-state index is 11.9. The molecule has 1 fully saturated rings. The summed E-state index contributed by atoms with van der Waals surface area (Å²) in [6.07, 6.45) is 1.61. The van der Waals surface area contributed by atoms with Crippen LogP contribution in [0.1, 0.15) is 33.4 Å². The molecule has 0 saturated carbocycles. The van der Waals surface area contributed by atoms with Crippen LogP contribution in [0.3, 0.4) is 0 Å². The van der Waals surface area contributed by atoms with Gasteiger partial charge in [0, 0.05) is 57.3 Å². The van der Waals surface area contributed by atoms with Gasteiger partial charge in [-0.2, -0.15) is 0 Å². The molecule has 0 unspecified atom stereocenters. The molecule has 1 aliphatic rings. The normalized spacial score (nSPS) is 16.6. The van der Waals surface area contributed by atoms with E-state index in [9.17, 15) is 4.79 Å². The van der Waals surface area contributed by atoms with Crippen LogP contribution < -0.4 is 10.6 Å². The summed E-state index contributed by atoms with van der Waals surface area (Å²) in [5.41, 5.74) is 0.600. The van der Waals surface area contributed by atoms with Gasteiger partial charge < -0.3 is 20.1 Å². The molecule has 0 aromatic carbocycles. The van der Waals surface area contributed by atoms with Gasteiger partial charge in [0.25, 0.3) is 0 Å². The Morgan fingerprint density at radius 3 is 2.58 bits per heavy atom. The van der Waals surface area contributed by atoms with Gasteiger partial charge in [-0.25, -0.2) is 0 Å². The van der Waals surface area contributed by atoms with Gasteiger partial charge in [-0.3, -0.25) is 14.7 Å². The summed E-state index contributed by atoms with van der Waals surface area (Å²) in [6, 6.07) is 1.91. The number of piperazine rings is 1. The van der Waals surface area contributed by atoms with Crippen LogP contribution in [0.2, 0.25) is 0 Å². The number of guanidine groups is 1. The summed E-state index contributed by atoms with van der Waals surface area (Å²) < 4.78 is 4.89. The molecule has 0 spiro atoms. The zero-order valence-corrected chi connectivity index (χ0v) is 16.4. The SMILES string of the molecule is CCNC(=NCCNC(=O)C(C)(C)C)N1CCN(Cc2ccon2)CC1. The highest BCUT2D eigenvalue weighted by Gasteiger charge is 2.21. The number of carbonyl (C=O) groups excluding carboxylic acids is 1. The first-order valence-electron chi connectivity index (χ1n) is 9.33. The molecule has 1 amide bonds. The molecule has 1 aromatic heterocycles. The first kappa shape index (κ1) is 20.2. The van der Waals surface area contributed by atoms with Crippen molar-refractivity contribution in [2.75, 3.05) is 45.8 Å². The number of hydrogen-bond donors (Lipinski definition) is 2. The van der Waals surface area contributed by atoms with Gasteiger partial charge >= 0.3 is 0 Å². The summed E-state index contributed by atoms with van der Waals surface area (Å²) in [5, 5.41) is 10.3. The molecule has 2 heterocycles. The average molecular weight is 364 g/mol. The first-order chi connectivity index (χ1) is 12.4. The molecule has 1 aromatic rings. The number of amides is 1. The van der Waals surface area contributed by atoms with E-state index in [1.807, 2.05) is 26.8 Å². The molecular formula is C18H32N6O2. The van der Waals surface area contributed by atoms with Crippen molar-refractivity contribution in [1.29, 1.82) is 0 Å². The second-order valence-corrected chi connectivity index (χ2v) is 7.50. The van der Waals surface area contributed by atoms with Crippen molar-refractivity contribution in [3.63, 3.8) is 0 Å². The van der Waals surface area contributed by atoms with Gasteiger partial charge in [-0.15, -0.1) is 0 Å². The van der Waals surface area contributed by atoms with Crippen molar-refractivity contribution in [2.45, 2.75) is 34.2 Å². The van der Waals surface area contributed by atoms with Crippen LogP contribution in [0.15, 0.2) is 21.8 Å². The topological polar surface area (TPSA) is 86.0 Å². The fourth-order valence-corrected chi connectivity index (χ4v) is 2.69. The minimum absolute atomic E-state index is 0.0548. The van der Waals surface area contributed by atoms with E-state index in [4.69, 9.17) is 4.52 Å². The van der Waals surface area contributed by atoms with E-state index in [0.29, 0.717) is 13.1 Å². The summed E-state index contributed by atoms with van der Waals surface area (Å²) in [4.78, 5) is 21.2. The molecule has 1 saturated heterocycles. The second kappa shape index (κ2) is 9.56. The van der Waals surface area contributed by atoms with Crippen molar-refractivity contribution < 1.29 is 9.32 Å². The Hall–Kier alpha value is -2.09. The number of nitrogens with one attached hydrogen (secondary N) is 2. The van der Waals surface area contributed by atoms with Crippen molar-refractivity contribution >= 4 is 11.9 Å². The van der Waals surface area contributed by atoms with Crippen molar-refractivity contribution in [3.8, 4) is 0 Å². The van der Waals surface area contributed by atoms with Gasteiger partial charge in [-0.1, -0.05) is 25.9 Å². The summed E-state index contributed by atoms with van der Waals surface area (Å²) in [7, 11) is 0. The van der Waals surface area contributed by atoms with Gasteiger partial charge in [0.1, 0.15) is 6.26 Å². The fourth-order valence-electron chi connectivity index (χ4n) is 2.69. The average Bonchev–Trinajstić information content (AvgIpc) is 3.10. The molecule has 2 rings (SSSR count). The number of hydrogen-bond acceptors (Lipinski definition) is 5. The molecule has 8 heteroatoms. The number of nitrogens with zero attached hydrogens (tertiary/aromatic N) is 4. The Labute approximate surface area is 156 Å². The van der Waals surface area contributed by atoms with Crippen molar-refractivity contribution in [1.82, 2.24) is 25.6 Å². The number of rotatable bonds is 6. The lowest BCUT2D eigenvalue weighted by Gasteiger charge is -2.36. The third-order valence-corrected chi connectivity index (χ3v) is 4.22. The molecule has 1 aliphatic heterocycles. The zero-order valence-electron chi connectivity index (χ0n) is 16.4. The molecule has 146 valence electrons. The Balaban J connectivity index is 1.78. The van der Waals surface area contributed by atoms with Crippen LogP contribution in [0.5, 0.6) is 0 Å². The van der Waals surface area contributed by atoms with E-state index in [1.165, 1.54) is 0 Å². The number of aliphatic imine (C=N–C) groups is 1. The Morgan fingerprint density at radius 1 is 1.27 bits per heavy atom. The van der Waals surface area contributed by atoms with Crippen LogP contribution in [0, 0.1) is 5.41 Å². The van der Waals surface area contributed by atoms with E-state index >= 15 is 0 Å². The Morgan fingerprint density at radius 2 is 2.00 bits per heavy atom. The van der Waals surface area contributed by atoms with Crippen LogP contribution in [-0.4, -0.2) is 72.6 Å². The largest absolute Gasteiger partial charge is 0.364 e. The van der Waals surface area contributed by atoms with E-state index in [1.54, 1.807) is 6.26 Å². The number of carbonyl (C=O) groups is 1. The van der Waals surface area contributed by atoms with Gasteiger partial charge in [0.05, 0.1) is 12.2 Å². The van der Waals surface area contributed by atoms with Crippen molar-refractivity contribution in [2.24, 2.45) is 10.4 Å². The standard InChI is InChI=1S/C18H32N6O2/c1-5-19-17(21-8-7-20-16(25)18(2,3)4)24-11-9-23(10-12-24)14-15-6-13-26-22-15/h6,13H,5,7-12,14H2,1-4H3,(H,19,21)(H,20,25). The smallest absolute Gasteiger partial charge is 0.225 e. The lowest BCUT2D eigenvalue weighted by Crippen LogP contribution is -2.52. The lowest BCUT2D eigenvalue weighted by atomic mass is 9.96. The second-order valence-electron chi connectivity index (χ2n) is 7.50. The summed E-state index contributed by atoms with van der Waals surface area (Å²) in [5.74, 6) is 0.970. The minimum atomic E-state index is -0.367. The maximum atomic E-state index is 11.9. The van der Waals surface area contributed by atoms with E-state index in [-0.39, 0.29) is 11.3 Å². The zero-order chi connectivity index (χ0) is 19.0.